The van der Waals surface area contributed by atoms with Crippen molar-refractivity contribution in [2.24, 2.45) is 0 Å². The SMILES string of the molecule is Cc1ccc(CCC(=O)N2CCN(c3cccc(Cl)c3)CC2)cc1. The minimum Gasteiger partial charge on any atom is -0.368 e. The summed E-state index contributed by atoms with van der Waals surface area (Å²) in [6, 6.07) is 16.3. The summed E-state index contributed by atoms with van der Waals surface area (Å²) in [6.07, 6.45) is 1.40. The van der Waals surface area contributed by atoms with Gasteiger partial charge in [-0.25, -0.2) is 0 Å². The first-order valence-electron chi connectivity index (χ1n) is 8.46. The minimum absolute atomic E-state index is 0.251. The smallest absolute Gasteiger partial charge is 0.223 e. The molecule has 0 bridgehead atoms. The second-order valence-corrected chi connectivity index (χ2v) is 6.77. The number of hydrogen-bond donors (Lipinski definition) is 0. The molecule has 1 aliphatic heterocycles. The molecule has 0 unspecified atom stereocenters. The van der Waals surface area contributed by atoms with Crippen LogP contribution in [0, 0.1) is 6.92 Å². The molecule has 3 nitrogen and oxygen atoms in total. The molecule has 1 fully saturated rings. The maximum Gasteiger partial charge on any atom is 0.223 e. The highest BCUT2D eigenvalue weighted by Gasteiger charge is 2.21. The monoisotopic (exact) mass is 342 g/mol. The van der Waals surface area contributed by atoms with Crippen molar-refractivity contribution in [1.29, 1.82) is 0 Å². The summed E-state index contributed by atoms with van der Waals surface area (Å²) in [4.78, 5) is 16.7. The molecule has 0 atom stereocenters. The van der Waals surface area contributed by atoms with E-state index in [0.717, 1.165) is 43.3 Å². The Kier molecular flexibility index (Phi) is 5.41. The molecule has 126 valence electrons. The average Bonchev–Trinajstić information content (AvgIpc) is 2.61. The molecular formula is C20H23ClN2O. The zero-order valence-corrected chi connectivity index (χ0v) is 14.8. The van der Waals surface area contributed by atoms with Gasteiger partial charge >= 0.3 is 0 Å². The number of halogens is 1. The normalized spacial score (nSPS) is 14.8. The Morgan fingerprint density at radius 2 is 1.75 bits per heavy atom. The Bertz CT molecular complexity index is 691. The van der Waals surface area contributed by atoms with Crippen LogP contribution in [0.2, 0.25) is 5.02 Å². The Balaban J connectivity index is 1.49. The second kappa shape index (κ2) is 7.71. The van der Waals surface area contributed by atoms with E-state index in [-0.39, 0.29) is 5.91 Å². The topological polar surface area (TPSA) is 23.6 Å². The highest BCUT2D eigenvalue weighted by atomic mass is 35.5. The van der Waals surface area contributed by atoms with Crippen LogP contribution >= 0.6 is 11.6 Å². The number of anilines is 1. The Hall–Kier alpha value is -2.00. The predicted molar refractivity (Wildman–Crippen MR) is 99.7 cm³/mol. The molecule has 1 aliphatic rings. The number of rotatable bonds is 4. The Labute approximate surface area is 148 Å². The summed E-state index contributed by atoms with van der Waals surface area (Å²) in [5.74, 6) is 0.251. The van der Waals surface area contributed by atoms with Crippen molar-refractivity contribution in [3.05, 3.63) is 64.7 Å². The summed E-state index contributed by atoms with van der Waals surface area (Å²) in [7, 11) is 0. The Morgan fingerprint density at radius 1 is 1.04 bits per heavy atom. The predicted octanol–water partition coefficient (Wildman–Crippen LogP) is 3.93. The first kappa shape index (κ1) is 16.8. The molecule has 0 spiro atoms. The van der Waals surface area contributed by atoms with Gasteiger partial charge in [-0.2, -0.15) is 0 Å². The van der Waals surface area contributed by atoms with Crippen molar-refractivity contribution < 1.29 is 4.79 Å². The molecule has 0 aliphatic carbocycles. The van der Waals surface area contributed by atoms with Gasteiger partial charge in [0, 0.05) is 43.3 Å². The van der Waals surface area contributed by atoms with Crippen LogP contribution in [0.25, 0.3) is 0 Å². The third kappa shape index (κ3) is 4.30. The van der Waals surface area contributed by atoms with Crippen LogP contribution in [-0.4, -0.2) is 37.0 Å². The highest BCUT2D eigenvalue weighted by molar-refractivity contribution is 6.30. The number of piperazine rings is 1. The van der Waals surface area contributed by atoms with Crippen LogP contribution in [0.3, 0.4) is 0 Å². The Morgan fingerprint density at radius 3 is 2.42 bits per heavy atom. The fourth-order valence-electron chi connectivity index (χ4n) is 3.05. The fourth-order valence-corrected chi connectivity index (χ4v) is 3.24. The number of hydrogen-bond acceptors (Lipinski definition) is 2. The van der Waals surface area contributed by atoms with E-state index in [1.807, 2.05) is 23.1 Å². The zero-order chi connectivity index (χ0) is 16.9. The van der Waals surface area contributed by atoms with Gasteiger partial charge in [0.2, 0.25) is 5.91 Å². The van der Waals surface area contributed by atoms with E-state index in [1.54, 1.807) is 0 Å². The quantitative estimate of drug-likeness (QED) is 0.840. The van der Waals surface area contributed by atoms with E-state index in [4.69, 9.17) is 11.6 Å². The number of nitrogens with zero attached hydrogens (tertiary/aromatic N) is 2. The zero-order valence-electron chi connectivity index (χ0n) is 14.0. The van der Waals surface area contributed by atoms with Crippen molar-refractivity contribution in [3.63, 3.8) is 0 Å². The van der Waals surface area contributed by atoms with Gasteiger partial charge < -0.3 is 9.80 Å². The molecule has 0 N–H and O–H groups in total. The standard InChI is InChI=1S/C20H23ClN2O/c1-16-5-7-17(8-6-16)9-10-20(24)23-13-11-22(12-14-23)19-4-2-3-18(21)15-19/h2-8,15H,9-14H2,1H3. The van der Waals surface area contributed by atoms with Gasteiger partial charge in [-0.3, -0.25) is 4.79 Å². The number of aryl methyl sites for hydroxylation is 2. The number of carbonyl (C=O) groups is 1. The maximum atomic E-state index is 12.4. The number of carbonyl (C=O) groups excluding carboxylic acids is 1. The van der Waals surface area contributed by atoms with Gasteiger partial charge in [-0.15, -0.1) is 0 Å². The first-order chi connectivity index (χ1) is 11.6. The summed E-state index contributed by atoms with van der Waals surface area (Å²) >= 11 is 6.06. The molecule has 1 amide bonds. The minimum atomic E-state index is 0.251. The number of benzene rings is 2. The van der Waals surface area contributed by atoms with Gasteiger partial charge in [0.25, 0.3) is 0 Å². The molecule has 24 heavy (non-hydrogen) atoms. The summed E-state index contributed by atoms with van der Waals surface area (Å²) in [5.41, 5.74) is 3.61. The lowest BCUT2D eigenvalue weighted by Gasteiger charge is -2.36. The lowest BCUT2D eigenvalue weighted by Crippen LogP contribution is -2.48. The average molecular weight is 343 g/mol. The van der Waals surface area contributed by atoms with E-state index in [2.05, 4.69) is 42.2 Å². The van der Waals surface area contributed by atoms with Crippen LogP contribution in [-0.2, 0) is 11.2 Å². The third-order valence-corrected chi connectivity index (χ3v) is 4.79. The van der Waals surface area contributed by atoms with Gasteiger partial charge in [0.1, 0.15) is 0 Å². The molecular weight excluding hydrogens is 320 g/mol. The highest BCUT2D eigenvalue weighted by Crippen LogP contribution is 2.21. The maximum absolute atomic E-state index is 12.4. The van der Waals surface area contributed by atoms with Crippen LogP contribution < -0.4 is 4.90 Å². The van der Waals surface area contributed by atoms with Gasteiger partial charge in [0.15, 0.2) is 0 Å². The lowest BCUT2D eigenvalue weighted by molar-refractivity contribution is -0.131. The van der Waals surface area contributed by atoms with Gasteiger partial charge in [-0.05, 0) is 37.1 Å². The summed E-state index contributed by atoms with van der Waals surface area (Å²) in [6.45, 7) is 5.35. The first-order valence-corrected chi connectivity index (χ1v) is 8.83. The molecule has 1 saturated heterocycles. The van der Waals surface area contributed by atoms with Crippen molar-refractivity contribution in [3.8, 4) is 0 Å². The van der Waals surface area contributed by atoms with E-state index in [0.29, 0.717) is 6.42 Å². The van der Waals surface area contributed by atoms with Crippen molar-refractivity contribution in [2.75, 3.05) is 31.1 Å². The van der Waals surface area contributed by atoms with Crippen molar-refractivity contribution in [2.45, 2.75) is 19.8 Å². The van der Waals surface area contributed by atoms with E-state index in [9.17, 15) is 4.79 Å². The van der Waals surface area contributed by atoms with Gasteiger partial charge in [0.05, 0.1) is 0 Å². The van der Waals surface area contributed by atoms with Gasteiger partial charge in [-0.1, -0.05) is 47.5 Å². The van der Waals surface area contributed by atoms with Crippen molar-refractivity contribution in [1.82, 2.24) is 4.90 Å². The van der Waals surface area contributed by atoms with Crippen LogP contribution in [0.1, 0.15) is 17.5 Å². The number of amides is 1. The second-order valence-electron chi connectivity index (χ2n) is 6.33. The molecule has 1 heterocycles. The fraction of sp³-hybridized carbons (Fsp3) is 0.350. The van der Waals surface area contributed by atoms with E-state index < -0.39 is 0 Å². The summed E-state index contributed by atoms with van der Waals surface area (Å²) in [5, 5.41) is 0.754. The van der Waals surface area contributed by atoms with Crippen LogP contribution in [0.15, 0.2) is 48.5 Å². The molecule has 0 radical (unpaired) electrons. The largest absolute Gasteiger partial charge is 0.368 e. The third-order valence-electron chi connectivity index (χ3n) is 4.55. The molecule has 2 aromatic carbocycles. The lowest BCUT2D eigenvalue weighted by atomic mass is 10.1. The molecule has 3 rings (SSSR count). The summed E-state index contributed by atoms with van der Waals surface area (Å²) < 4.78 is 0. The molecule has 4 heteroatoms. The van der Waals surface area contributed by atoms with E-state index >= 15 is 0 Å². The molecule has 0 saturated carbocycles. The molecule has 2 aromatic rings. The molecule has 0 aromatic heterocycles. The van der Waals surface area contributed by atoms with Crippen molar-refractivity contribution >= 4 is 23.2 Å². The van der Waals surface area contributed by atoms with Crippen LogP contribution in [0.5, 0.6) is 0 Å². The van der Waals surface area contributed by atoms with E-state index in [1.165, 1.54) is 11.1 Å². The van der Waals surface area contributed by atoms with Crippen LogP contribution in [0.4, 0.5) is 5.69 Å².